The van der Waals surface area contributed by atoms with Crippen LogP contribution in [0.15, 0.2) is 36.5 Å². The Bertz CT molecular complexity index is 1410. The van der Waals surface area contributed by atoms with E-state index in [9.17, 15) is 40.5 Å². The molecule has 0 amide bonds. The molecule has 2 aliphatic rings. The van der Waals surface area contributed by atoms with Crippen molar-refractivity contribution in [3.63, 3.8) is 0 Å². The van der Waals surface area contributed by atoms with Crippen LogP contribution in [0.3, 0.4) is 0 Å². The van der Waals surface area contributed by atoms with Crippen molar-refractivity contribution in [3.8, 4) is 0 Å². The highest BCUT2D eigenvalue weighted by atomic mass is 16.7. The molecule has 2 rings (SSSR count). The van der Waals surface area contributed by atoms with Crippen LogP contribution in [0, 0.1) is 0 Å². The number of unbranched alkanes of at least 4 members (excludes halogenated alkanes) is 32. The number of esters is 1. The summed E-state index contributed by atoms with van der Waals surface area (Å²) in [5.41, 5.74) is 0. The lowest BCUT2D eigenvalue weighted by molar-refractivity contribution is -0.332. The molecule has 0 bridgehead atoms. The number of aliphatic hydroxyl groups is 7. The van der Waals surface area contributed by atoms with Crippen LogP contribution in [0.25, 0.3) is 0 Å². The highest BCUT2D eigenvalue weighted by molar-refractivity contribution is 5.69. The van der Waals surface area contributed by atoms with E-state index in [0.717, 1.165) is 51.4 Å². The number of aliphatic hydroxyl groups excluding tert-OH is 7. The van der Waals surface area contributed by atoms with Gasteiger partial charge in [0.05, 0.1) is 26.4 Å². The molecule has 2 aliphatic heterocycles. The number of carbonyl (C=O) groups excluding carboxylic acids is 1. The van der Waals surface area contributed by atoms with Crippen LogP contribution in [0.4, 0.5) is 0 Å². The first-order valence-electron chi connectivity index (χ1n) is 31.6. The van der Waals surface area contributed by atoms with Gasteiger partial charge in [-0.05, 0) is 51.4 Å². The molecule has 452 valence electrons. The summed E-state index contributed by atoms with van der Waals surface area (Å²) >= 11 is 0. The molecule has 2 saturated heterocycles. The monoisotopic (exact) mass is 1100 g/mol. The lowest BCUT2D eigenvalue weighted by Gasteiger charge is -2.42. The Hall–Kier alpha value is -1.79. The third-order valence-corrected chi connectivity index (χ3v) is 15.2. The molecule has 77 heavy (non-hydrogen) atoms. The molecule has 14 heteroatoms. The summed E-state index contributed by atoms with van der Waals surface area (Å²) < 4.78 is 34.5. The number of ether oxygens (including phenoxy) is 6. The number of allylic oxidation sites excluding steroid dienone is 6. The molecule has 2 fully saturated rings. The molecule has 14 nitrogen and oxygen atoms in total. The molecular formula is C63H116O14. The molecule has 11 unspecified atom stereocenters. The van der Waals surface area contributed by atoms with Crippen molar-refractivity contribution in [2.75, 3.05) is 33.0 Å². The second-order valence-electron chi connectivity index (χ2n) is 22.2. The van der Waals surface area contributed by atoms with Crippen molar-refractivity contribution in [1.29, 1.82) is 0 Å². The Labute approximate surface area is 468 Å². The summed E-state index contributed by atoms with van der Waals surface area (Å²) in [7, 11) is 0. The van der Waals surface area contributed by atoms with E-state index in [-0.39, 0.29) is 25.6 Å². The Morgan fingerprint density at radius 1 is 0.429 bits per heavy atom. The smallest absolute Gasteiger partial charge is 0.306 e. The van der Waals surface area contributed by atoms with Gasteiger partial charge in [0.2, 0.25) is 0 Å². The maximum atomic E-state index is 13.1. The lowest BCUT2D eigenvalue weighted by Crippen LogP contribution is -2.61. The van der Waals surface area contributed by atoms with Crippen molar-refractivity contribution < 1.29 is 69.0 Å². The number of hydrogen-bond acceptors (Lipinski definition) is 14. The Kier molecular flexibility index (Phi) is 46.3. The largest absolute Gasteiger partial charge is 0.457 e. The van der Waals surface area contributed by atoms with Crippen molar-refractivity contribution in [1.82, 2.24) is 0 Å². The van der Waals surface area contributed by atoms with Crippen LogP contribution in [0.1, 0.15) is 258 Å². The molecule has 0 saturated carbocycles. The first-order valence-corrected chi connectivity index (χ1v) is 31.6. The van der Waals surface area contributed by atoms with E-state index in [4.69, 9.17) is 28.4 Å². The van der Waals surface area contributed by atoms with E-state index in [2.05, 4.69) is 50.3 Å². The molecule has 7 N–H and O–H groups in total. The first-order chi connectivity index (χ1) is 37.6. The molecular weight excluding hydrogens is 981 g/mol. The van der Waals surface area contributed by atoms with Gasteiger partial charge in [-0.25, -0.2) is 0 Å². The van der Waals surface area contributed by atoms with Gasteiger partial charge < -0.3 is 64.2 Å². The van der Waals surface area contributed by atoms with Gasteiger partial charge in [-0.1, -0.05) is 237 Å². The topological polar surface area (TPSA) is 214 Å². The van der Waals surface area contributed by atoms with Crippen LogP contribution >= 0.6 is 0 Å². The standard InChI is InChI=1S/C63H116O14/c1-3-5-7-9-11-13-15-17-19-21-22-23-24-25-26-27-28-29-31-33-35-37-39-41-43-45-47-72-49-52(75-55(65)46-44-42-40-38-36-34-32-30-20-18-16-14-12-10-8-6-4-2)50-73-62-61(71)59(69)57(67)54(77-62)51-74-63-60(70)58(68)56(66)53(48-64)76-63/h15,17,21-22,24-25,52-54,56-64,66-71H,3-14,16,18-20,23,26-51H2,1-2H3/b17-15-,22-21-,25-24-. The SMILES string of the molecule is CCCCCCC/C=C\C/C=C\C/C=C\CCCCCCCCCCCCCOCC(COC1OC(COC2OC(CO)C(O)C(O)C2O)C(O)C(O)C1O)OC(=O)CCCCCCCCCCCCCCCCCCC. The summed E-state index contributed by atoms with van der Waals surface area (Å²) in [4.78, 5) is 13.1. The Balaban J connectivity index is 1.67. The molecule has 0 aromatic carbocycles. The molecule has 11 atom stereocenters. The lowest BCUT2D eigenvalue weighted by atomic mass is 9.98. The average molecular weight is 1100 g/mol. The van der Waals surface area contributed by atoms with Crippen LogP contribution in [0.2, 0.25) is 0 Å². The molecule has 2 heterocycles. The van der Waals surface area contributed by atoms with Gasteiger partial charge in [-0.15, -0.1) is 0 Å². The Morgan fingerprint density at radius 3 is 1.26 bits per heavy atom. The van der Waals surface area contributed by atoms with Gasteiger partial charge in [0, 0.05) is 13.0 Å². The molecule has 0 spiro atoms. The van der Waals surface area contributed by atoms with E-state index >= 15 is 0 Å². The van der Waals surface area contributed by atoms with Gasteiger partial charge >= 0.3 is 5.97 Å². The van der Waals surface area contributed by atoms with Gasteiger partial charge in [0.25, 0.3) is 0 Å². The van der Waals surface area contributed by atoms with Crippen LogP contribution < -0.4 is 0 Å². The van der Waals surface area contributed by atoms with Crippen molar-refractivity contribution in [2.24, 2.45) is 0 Å². The second kappa shape index (κ2) is 50.0. The van der Waals surface area contributed by atoms with Crippen molar-refractivity contribution >= 4 is 5.97 Å². The van der Waals surface area contributed by atoms with Gasteiger partial charge in [0.1, 0.15) is 54.9 Å². The summed E-state index contributed by atoms with van der Waals surface area (Å²) in [6, 6.07) is 0. The molecule has 0 aliphatic carbocycles. The summed E-state index contributed by atoms with van der Waals surface area (Å²) in [5.74, 6) is -0.372. The zero-order valence-corrected chi connectivity index (χ0v) is 48.7. The quantitative estimate of drug-likeness (QED) is 0.0172. The zero-order chi connectivity index (χ0) is 55.8. The zero-order valence-electron chi connectivity index (χ0n) is 48.7. The Morgan fingerprint density at radius 2 is 0.805 bits per heavy atom. The van der Waals surface area contributed by atoms with Crippen molar-refractivity contribution in [2.45, 2.75) is 325 Å². The number of carbonyl (C=O) groups is 1. The van der Waals surface area contributed by atoms with Crippen LogP contribution in [-0.4, -0.2) is 142 Å². The third-order valence-electron chi connectivity index (χ3n) is 15.2. The van der Waals surface area contributed by atoms with E-state index in [1.807, 2.05) is 0 Å². The normalized spacial score (nSPS) is 24.5. The second-order valence-corrected chi connectivity index (χ2v) is 22.2. The maximum absolute atomic E-state index is 13.1. The number of rotatable bonds is 52. The minimum atomic E-state index is -1.71. The molecule has 0 aromatic rings. The fraction of sp³-hybridized carbons (Fsp3) is 0.889. The number of hydrogen-bond donors (Lipinski definition) is 7. The highest BCUT2D eigenvalue weighted by Crippen LogP contribution is 2.27. The fourth-order valence-electron chi connectivity index (χ4n) is 10.1. The van der Waals surface area contributed by atoms with E-state index in [1.165, 1.54) is 180 Å². The van der Waals surface area contributed by atoms with Crippen LogP contribution in [0.5, 0.6) is 0 Å². The predicted molar refractivity (Wildman–Crippen MR) is 307 cm³/mol. The van der Waals surface area contributed by atoms with E-state index in [1.54, 1.807) is 0 Å². The summed E-state index contributed by atoms with van der Waals surface area (Å²) in [5, 5.41) is 72.4. The van der Waals surface area contributed by atoms with Crippen molar-refractivity contribution in [3.05, 3.63) is 36.5 Å². The van der Waals surface area contributed by atoms with Gasteiger partial charge in [0.15, 0.2) is 12.6 Å². The van der Waals surface area contributed by atoms with Crippen LogP contribution in [-0.2, 0) is 33.2 Å². The highest BCUT2D eigenvalue weighted by Gasteiger charge is 2.47. The first kappa shape index (κ1) is 71.3. The third kappa shape index (κ3) is 36.3. The van der Waals surface area contributed by atoms with E-state index < -0.39 is 80.7 Å². The predicted octanol–water partition coefficient (Wildman–Crippen LogP) is 12.1. The maximum Gasteiger partial charge on any atom is 0.306 e. The summed E-state index contributed by atoms with van der Waals surface area (Å²) in [6.07, 6.45) is 43.5. The summed E-state index contributed by atoms with van der Waals surface area (Å²) in [6.45, 7) is 3.72. The fourth-order valence-corrected chi connectivity index (χ4v) is 10.1. The van der Waals surface area contributed by atoms with E-state index in [0.29, 0.717) is 13.0 Å². The molecule has 0 aromatic heterocycles. The minimum absolute atomic E-state index is 0.0630. The van der Waals surface area contributed by atoms with Gasteiger partial charge in [-0.2, -0.15) is 0 Å². The van der Waals surface area contributed by atoms with Gasteiger partial charge in [-0.3, -0.25) is 4.79 Å². The minimum Gasteiger partial charge on any atom is -0.457 e. The molecule has 0 radical (unpaired) electrons. The average Bonchev–Trinajstić information content (AvgIpc) is 3.43.